The number of hydrogen-bond acceptors (Lipinski definition) is 10. The van der Waals surface area contributed by atoms with Crippen molar-refractivity contribution in [2.45, 2.75) is 45.0 Å². The summed E-state index contributed by atoms with van der Waals surface area (Å²) in [6, 6.07) is 2.94. The average Bonchev–Trinajstić information content (AvgIpc) is 2.85. The molecule has 152 valence electrons. The van der Waals surface area contributed by atoms with Crippen LogP contribution in [0.2, 0.25) is 0 Å². The van der Waals surface area contributed by atoms with Crippen LogP contribution >= 0.6 is 0 Å². The molecule has 28 heavy (non-hydrogen) atoms. The quantitative estimate of drug-likeness (QED) is 0.358. The molecule has 1 amide bonds. The molecule has 11 heteroatoms. The third-order valence-electron chi connectivity index (χ3n) is 3.64. The largest absolute Gasteiger partial charge is 0.463 e. The Bertz CT molecular complexity index is 754. The van der Waals surface area contributed by atoms with Crippen LogP contribution < -0.4 is 5.32 Å². The first kappa shape index (κ1) is 21.3. The second-order valence-electron chi connectivity index (χ2n) is 5.96. The molecule has 2 rings (SSSR count). The molecular weight excluding hydrogens is 376 g/mol. The van der Waals surface area contributed by atoms with Gasteiger partial charge in [0, 0.05) is 33.2 Å². The van der Waals surface area contributed by atoms with Gasteiger partial charge in [-0.1, -0.05) is 0 Å². The maximum atomic E-state index is 12.4. The number of nitrogens with zero attached hydrogens (tertiary/aromatic N) is 1. The molecule has 1 saturated heterocycles. The van der Waals surface area contributed by atoms with Gasteiger partial charge in [-0.2, -0.15) is 0 Å². The van der Waals surface area contributed by atoms with E-state index in [0.717, 1.165) is 20.8 Å². The molecule has 0 aromatic carbocycles. The lowest BCUT2D eigenvalue weighted by molar-refractivity contribution is -0.249. The predicted octanol–water partition coefficient (Wildman–Crippen LogP) is -0.717. The van der Waals surface area contributed by atoms with Gasteiger partial charge in [-0.3, -0.25) is 29.5 Å². The summed E-state index contributed by atoms with van der Waals surface area (Å²) in [7, 11) is 0. The lowest BCUT2D eigenvalue weighted by atomic mass is 10.1. The van der Waals surface area contributed by atoms with Gasteiger partial charge >= 0.3 is 17.9 Å². The number of aromatic nitrogens is 1. The summed E-state index contributed by atoms with van der Waals surface area (Å²) < 4.78 is 20.4. The zero-order valence-electron chi connectivity index (χ0n) is 15.4. The molecule has 0 aliphatic carbocycles. The minimum Gasteiger partial charge on any atom is -0.463 e. The Labute approximate surface area is 159 Å². The molecular formula is C17H20N2O9. The molecule has 1 aromatic rings. The summed E-state index contributed by atoms with van der Waals surface area (Å²) in [5.41, 5.74) is 0.0913. The highest BCUT2D eigenvalue weighted by Gasteiger charge is 2.60. The third-order valence-corrected chi connectivity index (χ3v) is 3.64. The van der Waals surface area contributed by atoms with E-state index in [4.69, 9.17) is 18.9 Å². The second-order valence-corrected chi connectivity index (χ2v) is 5.96. The van der Waals surface area contributed by atoms with Crippen LogP contribution in [0.4, 0.5) is 0 Å². The molecule has 1 fully saturated rings. The highest BCUT2D eigenvalue weighted by Crippen LogP contribution is 2.33. The van der Waals surface area contributed by atoms with E-state index < -0.39 is 54.6 Å². The van der Waals surface area contributed by atoms with Crippen LogP contribution in [0.1, 0.15) is 31.1 Å². The molecule has 0 unspecified atom stereocenters. The minimum atomic E-state index is -2.55. The van der Waals surface area contributed by atoms with E-state index in [0.29, 0.717) is 0 Å². The van der Waals surface area contributed by atoms with Gasteiger partial charge in [0.05, 0.1) is 5.56 Å². The van der Waals surface area contributed by atoms with Gasteiger partial charge in [0.15, 0.2) is 6.10 Å². The Hall–Kier alpha value is -3.05. The number of rotatable bonds is 6. The maximum Gasteiger partial charge on any atom is 0.303 e. The van der Waals surface area contributed by atoms with Gasteiger partial charge in [0.2, 0.25) is 6.10 Å². The standard InChI is InChI=1S/C17H20N2O9/c1-9(20)25-8-13-14(26-10(2)21)15(27-11(3)22)17(24,28-13)19-16(23)12-5-4-6-18-7-12/h4-7,13-15,24H,8H2,1-3H3,(H,19,23)/t13-,14-,15-,17+/m1/s1. The normalized spacial score (nSPS) is 26.2. The zero-order valence-corrected chi connectivity index (χ0v) is 15.4. The fraction of sp³-hybridized carbons (Fsp3) is 0.471. The number of aliphatic hydroxyl groups is 1. The van der Waals surface area contributed by atoms with Gasteiger partial charge in [0.1, 0.15) is 12.7 Å². The zero-order chi connectivity index (χ0) is 20.9. The van der Waals surface area contributed by atoms with Crippen LogP contribution in [-0.4, -0.2) is 64.7 Å². The van der Waals surface area contributed by atoms with Crippen LogP contribution in [0.15, 0.2) is 24.5 Å². The number of amides is 1. The summed E-state index contributed by atoms with van der Waals surface area (Å²) in [6.07, 6.45) is -1.48. The number of carbonyl (C=O) groups excluding carboxylic acids is 4. The van der Waals surface area contributed by atoms with E-state index in [-0.39, 0.29) is 5.56 Å². The van der Waals surface area contributed by atoms with Crippen molar-refractivity contribution in [2.24, 2.45) is 0 Å². The number of nitrogens with one attached hydrogen (secondary N) is 1. The molecule has 0 radical (unpaired) electrons. The monoisotopic (exact) mass is 396 g/mol. The fourth-order valence-electron chi connectivity index (χ4n) is 2.60. The van der Waals surface area contributed by atoms with Crippen LogP contribution in [0.5, 0.6) is 0 Å². The number of pyridine rings is 1. The highest BCUT2D eigenvalue weighted by molar-refractivity contribution is 5.94. The van der Waals surface area contributed by atoms with E-state index in [1.165, 1.54) is 24.5 Å². The number of esters is 3. The smallest absolute Gasteiger partial charge is 0.303 e. The Morgan fingerprint density at radius 2 is 1.86 bits per heavy atom. The third kappa shape index (κ3) is 5.24. The Balaban J connectivity index is 2.32. The molecule has 4 atom stereocenters. The van der Waals surface area contributed by atoms with Crippen LogP contribution in [0, 0.1) is 0 Å². The van der Waals surface area contributed by atoms with Gasteiger partial charge in [-0.05, 0) is 12.1 Å². The Kier molecular flexibility index (Phi) is 6.65. The minimum absolute atomic E-state index is 0.0913. The van der Waals surface area contributed by atoms with Crippen LogP contribution in [0.25, 0.3) is 0 Å². The van der Waals surface area contributed by atoms with Crippen molar-refractivity contribution in [3.8, 4) is 0 Å². The Morgan fingerprint density at radius 1 is 1.18 bits per heavy atom. The van der Waals surface area contributed by atoms with Crippen molar-refractivity contribution in [3.63, 3.8) is 0 Å². The SMILES string of the molecule is CC(=O)OC[C@H]1O[C@](O)(NC(=O)c2cccnc2)[C@H](OC(C)=O)[C@@H]1OC(C)=O. The average molecular weight is 396 g/mol. The molecule has 11 nitrogen and oxygen atoms in total. The first-order valence-corrected chi connectivity index (χ1v) is 8.23. The van der Waals surface area contributed by atoms with Crippen molar-refractivity contribution in [2.75, 3.05) is 6.61 Å². The van der Waals surface area contributed by atoms with E-state index in [1.54, 1.807) is 0 Å². The van der Waals surface area contributed by atoms with Crippen molar-refractivity contribution in [1.82, 2.24) is 10.3 Å². The molecule has 2 heterocycles. The predicted molar refractivity (Wildman–Crippen MR) is 89.3 cm³/mol. The molecule has 1 aromatic heterocycles. The molecule has 2 N–H and O–H groups in total. The summed E-state index contributed by atoms with van der Waals surface area (Å²) in [6.45, 7) is 2.89. The van der Waals surface area contributed by atoms with E-state index in [2.05, 4.69) is 10.3 Å². The van der Waals surface area contributed by atoms with E-state index in [1.807, 2.05) is 0 Å². The van der Waals surface area contributed by atoms with E-state index >= 15 is 0 Å². The van der Waals surface area contributed by atoms with Gasteiger partial charge < -0.3 is 24.1 Å². The maximum absolute atomic E-state index is 12.4. The summed E-state index contributed by atoms with van der Waals surface area (Å²) in [4.78, 5) is 50.3. The molecule has 1 aliphatic heterocycles. The lowest BCUT2D eigenvalue weighted by Crippen LogP contribution is -2.58. The summed E-state index contributed by atoms with van der Waals surface area (Å²) in [5, 5.41) is 13.1. The fourth-order valence-corrected chi connectivity index (χ4v) is 2.60. The van der Waals surface area contributed by atoms with Crippen molar-refractivity contribution in [3.05, 3.63) is 30.1 Å². The molecule has 0 spiro atoms. The van der Waals surface area contributed by atoms with Crippen LogP contribution in [0.3, 0.4) is 0 Å². The first-order chi connectivity index (χ1) is 13.1. The van der Waals surface area contributed by atoms with Crippen LogP contribution in [-0.2, 0) is 33.3 Å². The molecule has 0 bridgehead atoms. The Morgan fingerprint density at radius 3 is 2.39 bits per heavy atom. The van der Waals surface area contributed by atoms with E-state index in [9.17, 15) is 24.3 Å². The number of carbonyl (C=O) groups is 4. The van der Waals surface area contributed by atoms with Gasteiger partial charge in [0.25, 0.3) is 11.8 Å². The topological polar surface area (TPSA) is 150 Å². The number of ether oxygens (including phenoxy) is 4. The first-order valence-electron chi connectivity index (χ1n) is 8.23. The van der Waals surface area contributed by atoms with Crippen molar-refractivity contribution >= 4 is 23.8 Å². The highest BCUT2D eigenvalue weighted by atomic mass is 16.7. The van der Waals surface area contributed by atoms with Gasteiger partial charge in [-0.15, -0.1) is 0 Å². The van der Waals surface area contributed by atoms with Gasteiger partial charge in [-0.25, -0.2) is 0 Å². The second kappa shape index (κ2) is 8.76. The summed E-state index contributed by atoms with van der Waals surface area (Å²) >= 11 is 0. The summed E-state index contributed by atoms with van der Waals surface area (Å²) in [5.74, 6) is -5.58. The lowest BCUT2D eigenvalue weighted by Gasteiger charge is -2.29. The van der Waals surface area contributed by atoms with Crippen molar-refractivity contribution < 1.29 is 43.2 Å². The molecule has 0 saturated carbocycles. The van der Waals surface area contributed by atoms with Crippen molar-refractivity contribution in [1.29, 1.82) is 0 Å². The number of hydrogen-bond donors (Lipinski definition) is 2. The molecule has 1 aliphatic rings.